The van der Waals surface area contributed by atoms with Crippen molar-refractivity contribution in [2.45, 2.75) is 32.7 Å². The molecule has 0 aromatic carbocycles. The molecule has 1 aromatic heterocycles. The van der Waals surface area contributed by atoms with E-state index in [-0.39, 0.29) is 30.3 Å². The van der Waals surface area contributed by atoms with Crippen molar-refractivity contribution < 1.29 is 4.79 Å². The van der Waals surface area contributed by atoms with Gasteiger partial charge in [-0.3, -0.25) is 4.79 Å². The van der Waals surface area contributed by atoms with Crippen LogP contribution in [0.1, 0.15) is 25.5 Å². The Kier molecular flexibility index (Phi) is 7.91. The van der Waals surface area contributed by atoms with Gasteiger partial charge in [0.05, 0.1) is 5.75 Å². The third-order valence-corrected chi connectivity index (χ3v) is 4.46. The van der Waals surface area contributed by atoms with Gasteiger partial charge in [-0.25, -0.2) is 4.98 Å². The first-order valence-corrected chi connectivity index (χ1v) is 9.07. The first-order chi connectivity index (χ1) is 10.5. The Morgan fingerprint density at radius 1 is 1.48 bits per heavy atom. The van der Waals surface area contributed by atoms with Gasteiger partial charge in [-0.15, -0.1) is 12.4 Å². The van der Waals surface area contributed by atoms with Crippen LogP contribution in [0.25, 0.3) is 0 Å². The maximum atomic E-state index is 12.1. The molecule has 0 aliphatic carbocycles. The van der Waals surface area contributed by atoms with Crippen molar-refractivity contribution in [3.63, 3.8) is 0 Å². The average Bonchev–Trinajstić information content (AvgIpc) is 2.81. The summed E-state index contributed by atoms with van der Waals surface area (Å²) < 4.78 is 0. The van der Waals surface area contributed by atoms with Crippen LogP contribution in [-0.2, 0) is 4.79 Å². The van der Waals surface area contributed by atoms with Crippen LogP contribution >= 0.6 is 24.2 Å². The monoisotopic (exact) mass is 359 g/mol. The minimum Gasteiger partial charge on any atom is -0.368 e. The van der Waals surface area contributed by atoms with E-state index >= 15 is 0 Å². The standard InChI is InChI=1S/C15H25N5OS.ClH/c1-4-5-11-7-20(14(21)9-22-3)8-12(11)18-13-6-10(2)17-15(16)19-13;/h6,11-12H,4-5,7-9H2,1-3H3,(H3,16,17,18,19);1H/t11-,12-;/m0./s1. The Balaban J connectivity index is 0.00000264. The van der Waals surface area contributed by atoms with Crippen LogP contribution in [-0.4, -0.2) is 51.9 Å². The second-order valence-corrected chi connectivity index (χ2v) is 6.65. The van der Waals surface area contributed by atoms with Gasteiger partial charge in [0, 0.05) is 30.9 Å². The lowest BCUT2D eigenvalue weighted by Gasteiger charge is -2.19. The number of nitrogen functional groups attached to an aromatic ring is 1. The highest BCUT2D eigenvalue weighted by molar-refractivity contribution is 7.99. The van der Waals surface area contributed by atoms with Crippen molar-refractivity contribution in [2.24, 2.45) is 5.92 Å². The van der Waals surface area contributed by atoms with E-state index in [4.69, 9.17) is 5.73 Å². The second-order valence-electron chi connectivity index (χ2n) is 5.78. The Hall–Kier alpha value is -1.21. The molecule has 6 nitrogen and oxygen atoms in total. The maximum absolute atomic E-state index is 12.1. The molecule has 0 radical (unpaired) electrons. The van der Waals surface area contributed by atoms with E-state index in [1.54, 1.807) is 11.8 Å². The number of likely N-dealkylation sites (tertiary alicyclic amines) is 1. The summed E-state index contributed by atoms with van der Waals surface area (Å²) in [5.74, 6) is 2.24. The van der Waals surface area contributed by atoms with Crippen molar-refractivity contribution in [1.82, 2.24) is 14.9 Å². The summed E-state index contributed by atoms with van der Waals surface area (Å²) in [4.78, 5) is 22.4. The lowest BCUT2D eigenvalue weighted by molar-refractivity contribution is -0.127. The molecule has 0 spiro atoms. The molecule has 1 aliphatic rings. The Morgan fingerprint density at radius 3 is 2.83 bits per heavy atom. The van der Waals surface area contributed by atoms with E-state index in [9.17, 15) is 4.79 Å². The molecule has 1 fully saturated rings. The largest absolute Gasteiger partial charge is 0.368 e. The number of hydrogen-bond acceptors (Lipinski definition) is 6. The summed E-state index contributed by atoms with van der Waals surface area (Å²) in [7, 11) is 0. The number of aromatic nitrogens is 2. The van der Waals surface area contributed by atoms with E-state index in [1.165, 1.54) is 0 Å². The number of nitrogens with one attached hydrogen (secondary N) is 1. The van der Waals surface area contributed by atoms with E-state index in [0.717, 1.165) is 37.4 Å². The van der Waals surface area contributed by atoms with Gasteiger partial charge in [-0.1, -0.05) is 13.3 Å². The number of nitrogens with two attached hydrogens (primary N) is 1. The molecule has 2 atom stereocenters. The summed E-state index contributed by atoms with van der Waals surface area (Å²) in [6, 6.07) is 2.12. The molecule has 0 unspecified atom stereocenters. The molecule has 130 valence electrons. The summed E-state index contributed by atoms with van der Waals surface area (Å²) in [5.41, 5.74) is 6.56. The normalized spacial score (nSPS) is 20.2. The number of carbonyl (C=O) groups is 1. The molecule has 3 N–H and O–H groups in total. The molecular formula is C15H26ClN5OS. The van der Waals surface area contributed by atoms with Gasteiger partial charge >= 0.3 is 0 Å². The lowest BCUT2D eigenvalue weighted by atomic mass is 9.98. The SMILES string of the molecule is CCC[C@H]1CN(C(=O)CSC)C[C@@H]1Nc1cc(C)nc(N)n1.Cl. The quantitative estimate of drug-likeness (QED) is 0.810. The van der Waals surface area contributed by atoms with Crippen molar-refractivity contribution in [1.29, 1.82) is 0 Å². The highest BCUT2D eigenvalue weighted by atomic mass is 35.5. The second kappa shape index (κ2) is 9.17. The third kappa shape index (κ3) is 5.42. The Bertz CT molecular complexity index is 510. The number of thioether (sulfide) groups is 1. The van der Waals surface area contributed by atoms with Crippen LogP contribution < -0.4 is 11.1 Å². The van der Waals surface area contributed by atoms with Crippen molar-refractivity contribution >= 4 is 41.8 Å². The van der Waals surface area contributed by atoms with E-state index in [1.807, 2.05) is 24.1 Å². The summed E-state index contributed by atoms with van der Waals surface area (Å²) >= 11 is 1.57. The summed E-state index contributed by atoms with van der Waals surface area (Å²) in [5, 5.41) is 3.45. The van der Waals surface area contributed by atoms with Gasteiger partial charge in [-0.2, -0.15) is 16.7 Å². The molecule has 1 amide bonds. The third-order valence-electron chi connectivity index (χ3n) is 3.93. The molecule has 1 aromatic rings. The molecule has 2 rings (SSSR count). The minimum absolute atomic E-state index is 0. The number of nitrogens with zero attached hydrogens (tertiary/aromatic N) is 3. The van der Waals surface area contributed by atoms with Crippen LogP contribution in [0.4, 0.5) is 11.8 Å². The highest BCUT2D eigenvalue weighted by Gasteiger charge is 2.34. The zero-order chi connectivity index (χ0) is 16.1. The topological polar surface area (TPSA) is 84.1 Å². The molecule has 2 heterocycles. The fourth-order valence-electron chi connectivity index (χ4n) is 2.97. The van der Waals surface area contributed by atoms with Crippen molar-refractivity contribution in [2.75, 3.05) is 36.1 Å². The first kappa shape index (κ1) is 19.8. The highest BCUT2D eigenvalue weighted by Crippen LogP contribution is 2.25. The van der Waals surface area contributed by atoms with Crippen LogP contribution in [0.2, 0.25) is 0 Å². The smallest absolute Gasteiger partial charge is 0.232 e. The number of rotatable bonds is 6. The molecule has 1 saturated heterocycles. The molecule has 8 heteroatoms. The fourth-order valence-corrected chi connectivity index (χ4v) is 3.40. The van der Waals surface area contributed by atoms with Crippen LogP contribution in [0.15, 0.2) is 6.07 Å². The summed E-state index contributed by atoms with van der Waals surface area (Å²) in [6.07, 6.45) is 4.16. The number of hydrogen-bond donors (Lipinski definition) is 2. The van der Waals surface area contributed by atoms with Gasteiger partial charge in [0.1, 0.15) is 5.82 Å². The van der Waals surface area contributed by atoms with E-state index < -0.39 is 0 Å². The van der Waals surface area contributed by atoms with Gasteiger partial charge < -0.3 is 16.0 Å². The van der Waals surface area contributed by atoms with Crippen molar-refractivity contribution in [3.05, 3.63) is 11.8 Å². The van der Waals surface area contributed by atoms with E-state index in [2.05, 4.69) is 22.2 Å². The lowest BCUT2D eigenvalue weighted by Crippen LogP contribution is -2.33. The zero-order valence-corrected chi connectivity index (χ0v) is 15.5. The number of halogens is 1. The summed E-state index contributed by atoms with van der Waals surface area (Å²) in [6.45, 7) is 5.63. The number of anilines is 2. The fraction of sp³-hybridized carbons (Fsp3) is 0.667. The predicted octanol–water partition coefficient (Wildman–Crippen LogP) is 2.19. The van der Waals surface area contributed by atoms with Gasteiger partial charge in [0.15, 0.2) is 0 Å². The Labute approximate surface area is 148 Å². The number of carbonyl (C=O) groups excluding carboxylic acids is 1. The van der Waals surface area contributed by atoms with Crippen LogP contribution in [0.5, 0.6) is 0 Å². The van der Waals surface area contributed by atoms with Crippen LogP contribution in [0.3, 0.4) is 0 Å². The van der Waals surface area contributed by atoms with E-state index in [0.29, 0.717) is 11.7 Å². The first-order valence-electron chi connectivity index (χ1n) is 7.67. The van der Waals surface area contributed by atoms with Gasteiger partial charge in [0.2, 0.25) is 11.9 Å². The predicted molar refractivity (Wildman–Crippen MR) is 99.2 cm³/mol. The molecule has 0 bridgehead atoms. The van der Waals surface area contributed by atoms with Gasteiger partial charge in [0.25, 0.3) is 0 Å². The average molecular weight is 360 g/mol. The maximum Gasteiger partial charge on any atom is 0.232 e. The van der Waals surface area contributed by atoms with Gasteiger partial charge in [-0.05, 0) is 25.5 Å². The molecule has 23 heavy (non-hydrogen) atoms. The van der Waals surface area contributed by atoms with Crippen LogP contribution in [0, 0.1) is 12.8 Å². The number of aryl methyl sites for hydroxylation is 1. The molecule has 1 aliphatic heterocycles. The van der Waals surface area contributed by atoms with Crippen molar-refractivity contribution in [3.8, 4) is 0 Å². The molecule has 0 saturated carbocycles. The Morgan fingerprint density at radius 2 is 2.22 bits per heavy atom. The number of amides is 1. The minimum atomic E-state index is 0. The zero-order valence-electron chi connectivity index (χ0n) is 13.9. The molecular weight excluding hydrogens is 334 g/mol.